The van der Waals surface area contributed by atoms with Gasteiger partial charge in [-0.05, 0) is 61.7 Å². The van der Waals surface area contributed by atoms with Crippen molar-refractivity contribution in [3.8, 4) is 11.6 Å². The lowest BCUT2D eigenvalue weighted by Gasteiger charge is -2.07. The van der Waals surface area contributed by atoms with Crippen LogP contribution in [-0.2, 0) is 6.42 Å². The van der Waals surface area contributed by atoms with Crippen molar-refractivity contribution in [3.05, 3.63) is 77.1 Å². The molecule has 30 heavy (non-hydrogen) atoms. The second-order valence-electron chi connectivity index (χ2n) is 7.50. The van der Waals surface area contributed by atoms with Crippen molar-refractivity contribution in [2.45, 2.75) is 27.2 Å². The molecule has 7 nitrogen and oxygen atoms in total. The molecule has 0 fully saturated rings. The van der Waals surface area contributed by atoms with Crippen LogP contribution in [0.3, 0.4) is 0 Å². The maximum Gasteiger partial charge on any atom is 0.168 e. The summed E-state index contributed by atoms with van der Waals surface area (Å²) in [6.45, 7) is 6.25. The van der Waals surface area contributed by atoms with Crippen LogP contribution < -0.4 is 4.74 Å². The van der Waals surface area contributed by atoms with Crippen molar-refractivity contribution in [1.29, 1.82) is 0 Å². The van der Waals surface area contributed by atoms with Crippen LogP contribution >= 0.6 is 0 Å². The van der Waals surface area contributed by atoms with Crippen LogP contribution in [0.1, 0.15) is 28.2 Å². The van der Waals surface area contributed by atoms with E-state index in [1.54, 1.807) is 18.0 Å². The topological polar surface area (TPSA) is 70.1 Å². The average molecular weight is 398 g/mol. The lowest BCUT2D eigenvalue weighted by atomic mass is 10.1. The van der Waals surface area contributed by atoms with Gasteiger partial charge >= 0.3 is 0 Å². The summed E-state index contributed by atoms with van der Waals surface area (Å²) in [5.41, 5.74) is 6.18. The van der Waals surface area contributed by atoms with Crippen molar-refractivity contribution in [2.24, 2.45) is 0 Å². The number of benzene rings is 1. The summed E-state index contributed by atoms with van der Waals surface area (Å²) in [6.07, 6.45) is 4.20. The second kappa shape index (κ2) is 6.95. The van der Waals surface area contributed by atoms with Gasteiger partial charge in [0.25, 0.3) is 0 Å². The van der Waals surface area contributed by atoms with Gasteiger partial charge in [0.1, 0.15) is 17.9 Å². The van der Waals surface area contributed by atoms with Gasteiger partial charge in [0.2, 0.25) is 0 Å². The SMILES string of the molecule is COc1ccc(Cc2nc3c4c(C)c(C)n(-c5cc(C)ccn5)c4ncn3n2)cc1. The van der Waals surface area contributed by atoms with E-state index in [-0.39, 0.29) is 0 Å². The van der Waals surface area contributed by atoms with Gasteiger partial charge in [-0.2, -0.15) is 0 Å². The molecule has 5 aromatic rings. The quantitative estimate of drug-likeness (QED) is 0.458. The van der Waals surface area contributed by atoms with Gasteiger partial charge in [-0.25, -0.2) is 19.5 Å². The smallest absolute Gasteiger partial charge is 0.168 e. The minimum Gasteiger partial charge on any atom is -0.497 e. The van der Waals surface area contributed by atoms with Crippen LogP contribution in [0, 0.1) is 20.8 Å². The molecule has 4 heterocycles. The zero-order chi connectivity index (χ0) is 20.8. The Morgan fingerprint density at radius 1 is 0.967 bits per heavy atom. The van der Waals surface area contributed by atoms with Crippen LogP contribution in [0.5, 0.6) is 5.75 Å². The Bertz CT molecular complexity index is 1380. The Morgan fingerprint density at radius 2 is 1.77 bits per heavy atom. The lowest BCUT2D eigenvalue weighted by molar-refractivity contribution is 0.414. The highest BCUT2D eigenvalue weighted by Gasteiger charge is 2.19. The molecule has 150 valence electrons. The first kappa shape index (κ1) is 18.3. The van der Waals surface area contributed by atoms with E-state index in [2.05, 4.69) is 41.5 Å². The van der Waals surface area contributed by atoms with Crippen LogP contribution in [0.4, 0.5) is 0 Å². The van der Waals surface area contributed by atoms with Gasteiger partial charge in [-0.15, -0.1) is 5.10 Å². The Kier molecular flexibility index (Phi) is 4.24. The number of aryl methyl sites for hydroxylation is 2. The highest BCUT2D eigenvalue weighted by molar-refractivity contribution is 5.94. The normalized spacial score (nSPS) is 11.5. The Hall–Kier alpha value is -3.74. The van der Waals surface area contributed by atoms with E-state index >= 15 is 0 Å². The second-order valence-corrected chi connectivity index (χ2v) is 7.50. The zero-order valence-corrected chi connectivity index (χ0v) is 17.4. The van der Waals surface area contributed by atoms with E-state index in [4.69, 9.17) is 14.7 Å². The van der Waals surface area contributed by atoms with E-state index in [1.807, 2.05) is 36.5 Å². The van der Waals surface area contributed by atoms with Gasteiger partial charge in [0.15, 0.2) is 17.1 Å². The molecule has 4 aromatic heterocycles. The highest BCUT2D eigenvalue weighted by Crippen LogP contribution is 2.29. The van der Waals surface area contributed by atoms with Crippen molar-refractivity contribution in [2.75, 3.05) is 7.11 Å². The average Bonchev–Trinajstić information content (AvgIpc) is 3.26. The number of hydrogen-bond acceptors (Lipinski definition) is 5. The van der Waals surface area contributed by atoms with E-state index < -0.39 is 0 Å². The largest absolute Gasteiger partial charge is 0.497 e. The third-order valence-corrected chi connectivity index (χ3v) is 5.53. The fraction of sp³-hybridized carbons (Fsp3) is 0.217. The summed E-state index contributed by atoms with van der Waals surface area (Å²) in [5, 5.41) is 5.66. The number of rotatable bonds is 4. The molecule has 5 rings (SSSR count). The summed E-state index contributed by atoms with van der Waals surface area (Å²) < 4.78 is 9.09. The van der Waals surface area contributed by atoms with Crippen LogP contribution in [-0.4, -0.2) is 36.2 Å². The van der Waals surface area contributed by atoms with E-state index in [9.17, 15) is 0 Å². The van der Waals surface area contributed by atoms with Crippen molar-refractivity contribution >= 4 is 16.7 Å². The highest BCUT2D eigenvalue weighted by atomic mass is 16.5. The van der Waals surface area contributed by atoms with Crippen molar-refractivity contribution in [1.82, 2.24) is 29.1 Å². The molecule has 0 bridgehead atoms. The van der Waals surface area contributed by atoms with E-state index in [0.29, 0.717) is 6.42 Å². The van der Waals surface area contributed by atoms with Crippen LogP contribution in [0.2, 0.25) is 0 Å². The molecule has 0 aliphatic rings. The number of hydrogen-bond donors (Lipinski definition) is 0. The van der Waals surface area contributed by atoms with E-state index in [0.717, 1.165) is 56.5 Å². The predicted molar refractivity (Wildman–Crippen MR) is 115 cm³/mol. The Labute approximate surface area is 174 Å². The number of ether oxygens (including phenoxy) is 1. The van der Waals surface area contributed by atoms with Crippen molar-refractivity contribution < 1.29 is 4.74 Å². The van der Waals surface area contributed by atoms with Crippen molar-refractivity contribution in [3.63, 3.8) is 0 Å². The molecule has 1 aromatic carbocycles. The summed E-state index contributed by atoms with van der Waals surface area (Å²) in [7, 11) is 1.67. The third-order valence-electron chi connectivity index (χ3n) is 5.53. The van der Waals surface area contributed by atoms with Gasteiger partial charge in [-0.1, -0.05) is 12.1 Å². The molecule has 0 unspecified atom stereocenters. The number of methoxy groups -OCH3 is 1. The minimum absolute atomic E-state index is 0.644. The third kappa shape index (κ3) is 2.90. The fourth-order valence-electron chi connectivity index (χ4n) is 3.83. The summed E-state index contributed by atoms with van der Waals surface area (Å²) in [6, 6.07) is 12.0. The number of nitrogens with zero attached hydrogens (tertiary/aromatic N) is 6. The first-order valence-corrected chi connectivity index (χ1v) is 9.83. The summed E-state index contributed by atoms with van der Waals surface area (Å²) in [5.74, 6) is 2.46. The molecular weight excluding hydrogens is 376 g/mol. The number of pyridine rings is 1. The molecule has 0 radical (unpaired) electrons. The summed E-state index contributed by atoms with van der Waals surface area (Å²) >= 11 is 0. The molecule has 0 atom stereocenters. The fourth-order valence-corrected chi connectivity index (χ4v) is 3.83. The maximum atomic E-state index is 5.24. The Balaban J connectivity index is 1.64. The van der Waals surface area contributed by atoms with Crippen LogP contribution in [0.15, 0.2) is 48.9 Å². The maximum absolute atomic E-state index is 5.24. The molecule has 0 N–H and O–H groups in total. The molecular formula is C23H22N6O. The zero-order valence-electron chi connectivity index (χ0n) is 17.4. The molecule has 0 aliphatic heterocycles. The van der Waals surface area contributed by atoms with E-state index in [1.165, 1.54) is 0 Å². The first-order valence-electron chi connectivity index (χ1n) is 9.83. The first-order chi connectivity index (χ1) is 14.5. The molecule has 0 amide bonds. The van der Waals surface area contributed by atoms with Gasteiger partial charge < -0.3 is 4.74 Å². The minimum atomic E-state index is 0.644. The number of aromatic nitrogens is 6. The molecule has 0 saturated carbocycles. The molecule has 0 saturated heterocycles. The van der Waals surface area contributed by atoms with Gasteiger partial charge in [-0.3, -0.25) is 4.57 Å². The predicted octanol–water partition coefficient (Wildman–Crippen LogP) is 3.99. The lowest BCUT2D eigenvalue weighted by Crippen LogP contribution is -2.01. The number of fused-ring (bicyclic) bond motifs is 3. The Morgan fingerprint density at radius 3 is 2.50 bits per heavy atom. The molecule has 0 aliphatic carbocycles. The summed E-state index contributed by atoms with van der Waals surface area (Å²) in [4.78, 5) is 14.1. The standard InChI is InChI=1S/C23H22N6O/c1-14-9-10-24-20(11-14)29-16(3)15(2)21-22(29)25-13-28-23(21)26-19(27-28)12-17-5-7-18(30-4)8-6-17/h5-11,13H,12H2,1-4H3. The van der Waals surface area contributed by atoms with Gasteiger partial charge in [0.05, 0.1) is 12.5 Å². The monoisotopic (exact) mass is 398 g/mol. The van der Waals surface area contributed by atoms with Crippen LogP contribution in [0.25, 0.3) is 22.5 Å². The molecule has 7 heteroatoms. The van der Waals surface area contributed by atoms with Gasteiger partial charge in [0, 0.05) is 18.3 Å². The molecule has 0 spiro atoms.